The molecule has 1 atom stereocenters. The summed E-state index contributed by atoms with van der Waals surface area (Å²) in [5.74, 6) is 0. The van der Waals surface area contributed by atoms with E-state index < -0.39 is 0 Å². The van der Waals surface area contributed by atoms with Gasteiger partial charge in [-0.15, -0.1) is 0 Å². The highest BCUT2D eigenvalue weighted by Crippen LogP contribution is 2.29. The van der Waals surface area contributed by atoms with Gasteiger partial charge in [-0.05, 0) is 31.5 Å². The molecule has 1 aliphatic rings. The van der Waals surface area contributed by atoms with Crippen LogP contribution in [0.4, 0.5) is 11.4 Å². The Morgan fingerprint density at radius 1 is 1.53 bits per heavy atom. The molecule has 82 valence electrons. The largest absolute Gasteiger partial charge is 0.397 e. The van der Waals surface area contributed by atoms with Gasteiger partial charge >= 0.3 is 0 Å². The molecule has 0 amide bonds. The van der Waals surface area contributed by atoms with E-state index >= 15 is 0 Å². The van der Waals surface area contributed by atoms with E-state index in [0.717, 1.165) is 35.5 Å². The molecule has 1 aromatic carbocycles. The van der Waals surface area contributed by atoms with Crippen LogP contribution in [0.5, 0.6) is 0 Å². The van der Waals surface area contributed by atoms with Crippen LogP contribution >= 0.6 is 15.9 Å². The topological polar surface area (TPSA) is 47.3 Å². The van der Waals surface area contributed by atoms with Crippen molar-refractivity contribution < 1.29 is 4.74 Å². The van der Waals surface area contributed by atoms with Gasteiger partial charge in [0, 0.05) is 11.1 Å². The summed E-state index contributed by atoms with van der Waals surface area (Å²) in [5.41, 5.74) is 7.65. The number of benzene rings is 1. The molecular weight excluding hydrogens is 256 g/mol. The molecule has 1 heterocycles. The van der Waals surface area contributed by atoms with Gasteiger partial charge in [0.05, 0.1) is 23.5 Å². The van der Waals surface area contributed by atoms with Gasteiger partial charge < -0.3 is 15.8 Å². The van der Waals surface area contributed by atoms with Crippen molar-refractivity contribution >= 4 is 27.3 Å². The molecule has 2 rings (SSSR count). The molecule has 1 unspecified atom stereocenters. The summed E-state index contributed by atoms with van der Waals surface area (Å²) in [4.78, 5) is 0. The fourth-order valence-corrected chi connectivity index (χ4v) is 2.09. The number of nitrogens with two attached hydrogens (primary N) is 1. The molecule has 0 saturated carbocycles. The van der Waals surface area contributed by atoms with E-state index in [1.165, 1.54) is 0 Å². The summed E-state index contributed by atoms with van der Waals surface area (Å²) in [7, 11) is 0. The van der Waals surface area contributed by atoms with Gasteiger partial charge in [0.25, 0.3) is 0 Å². The van der Waals surface area contributed by atoms with Gasteiger partial charge in [0.2, 0.25) is 0 Å². The molecule has 0 spiro atoms. The van der Waals surface area contributed by atoms with Crippen LogP contribution < -0.4 is 11.1 Å². The van der Waals surface area contributed by atoms with Crippen LogP contribution in [0.15, 0.2) is 22.7 Å². The predicted molar refractivity (Wildman–Crippen MR) is 66.0 cm³/mol. The standard InChI is InChI=1S/C11H15BrN2O/c1-11(4-5-15-7-11)14-10-6-8(12)2-3-9(10)13/h2-3,6,14H,4-5,7,13H2,1H3. The Morgan fingerprint density at radius 2 is 2.33 bits per heavy atom. The summed E-state index contributed by atoms with van der Waals surface area (Å²) in [5, 5.41) is 3.45. The third-order valence-corrected chi connectivity index (χ3v) is 3.16. The molecule has 1 fully saturated rings. The molecular formula is C11H15BrN2O. The van der Waals surface area contributed by atoms with E-state index in [2.05, 4.69) is 28.2 Å². The van der Waals surface area contributed by atoms with Crippen LogP contribution in [0.3, 0.4) is 0 Å². The summed E-state index contributed by atoms with van der Waals surface area (Å²) >= 11 is 3.44. The maximum atomic E-state index is 5.90. The molecule has 0 bridgehead atoms. The molecule has 0 aromatic heterocycles. The van der Waals surface area contributed by atoms with Gasteiger partial charge in [-0.2, -0.15) is 0 Å². The van der Waals surface area contributed by atoms with Crippen molar-refractivity contribution in [3.63, 3.8) is 0 Å². The fourth-order valence-electron chi connectivity index (χ4n) is 1.73. The molecule has 3 N–H and O–H groups in total. The van der Waals surface area contributed by atoms with E-state index in [9.17, 15) is 0 Å². The third-order valence-electron chi connectivity index (χ3n) is 2.67. The van der Waals surface area contributed by atoms with Crippen LogP contribution in [0.2, 0.25) is 0 Å². The van der Waals surface area contributed by atoms with Gasteiger partial charge in [0.15, 0.2) is 0 Å². The number of nitrogen functional groups attached to an aromatic ring is 1. The second kappa shape index (κ2) is 4.02. The molecule has 3 nitrogen and oxygen atoms in total. The highest BCUT2D eigenvalue weighted by molar-refractivity contribution is 9.10. The third kappa shape index (κ3) is 2.44. The minimum atomic E-state index is 0.00884. The van der Waals surface area contributed by atoms with E-state index in [1.807, 2.05) is 18.2 Å². The van der Waals surface area contributed by atoms with Crippen molar-refractivity contribution in [1.29, 1.82) is 0 Å². The first-order valence-electron chi connectivity index (χ1n) is 5.00. The van der Waals surface area contributed by atoms with Crippen LogP contribution in [0.1, 0.15) is 13.3 Å². The fraction of sp³-hybridized carbons (Fsp3) is 0.455. The number of ether oxygens (including phenoxy) is 1. The normalized spacial score (nSPS) is 25.5. The Balaban J connectivity index is 2.19. The Morgan fingerprint density at radius 3 is 3.00 bits per heavy atom. The first-order chi connectivity index (χ1) is 7.09. The predicted octanol–water partition coefficient (Wildman–Crippen LogP) is 2.62. The molecule has 15 heavy (non-hydrogen) atoms. The number of halogens is 1. The molecule has 4 heteroatoms. The van der Waals surface area contributed by atoms with E-state index in [1.54, 1.807) is 0 Å². The number of hydrogen-bond acceptors (Lipinski definition) is 3. The van der Waals surface area contributed by atoms with Crippen LogP contribution in [0, 0.1) is 0 Å². The zero-order valence-corrected chi connectivity index (χ0v) is 10.3. The second-order valence-corrected chi connectivity index (χ2v) is 5.14. The summed E-state index contributed by atoms with van der Waals surface area (Å²) in [6.45, 7) is 3.71. The van der Waals surface area contributed by atoms with Crippen molar-refractivity contribution in [3.8, 4) is 0 Å². The molecule has 1 aromatic rings. The highest BCUT2D eigenvalue weighted by Gasteiger charge is 2.29. The SMILES string of the molecule is CC1(Nc2cc(Br)ccc2N)CCOC1. The van der Waals surface area contributed by atoms with Crippen molar-refractivity contribution in [2.45, 2.75) is 18.9 Å². The zero-order chi connectivity index (χ0) is 10.9. The lowest BCUT2D eigenvalue weighted by molar-refractivity contribution is 0.185. The number of anilines is 2. The van der Waals surface area contributed by atoms with Gasteiger partial charge in [-0.3, -0.25) is 0 Å². The highest BCUT2D eigenvalue weighted by atomic mass is 79.9. The zero-order valence-electron chi connectivity index (χ0n) is 8.72. The molecule has 0 radical (unpaired) electrons. The lowest BCUT2D eigenvalue weighted by Crippen LogP contribution is -2.35. The number of nitrogens with one attached hydrogen (secondary N) is 1. The Bertz CT molecular complexity index is 362. The first-order valence-corrected chi connectivity index (χ1v) is 5.79. The smallest absolute Gasteiger partial charge is 0.0694 e. The monoisotopic (exact) mass is 270 g/mol. The quantitative estimate of drug-likeness (QED) is 0.813. The van der Waals surface area contributed by atoms with Crippen molar-refractivity contribution in [2.24, 2.45) is 0 Å². The lowest BCUT2D eigenvalue weighted by atomic mass is 10.0. The van der Waals surface area contributed by atoms with Gasteiger partial charge in [-0.1, -0.05) is 15.9 Å². The van der Waals surface area contributed by atoms with Crippen LogP contribution in [-0.4, -0.2) is 18.8 Å². The van der Waals surface area contributed by atoms with E-state index in [0.29, 0.717) is 0 Å². The maximum Gasteiger partial charge on any atom is 0.0694 e. The molecule has 1 aliphatic heterocycles. The van der Waals surface area contributed by atoms with Crippen molar-refractivity contribution in [1.82, 2.24) is 0 Å². The molecule has 0 aliphatic carbocycles. The number of rotatable bonds is 2. The van der Waals surface area contributed by atoms with Gasteiger partial charge in [0.1, 0.15) is 0 Å². The average molecular weight is 271 g/mol. The Hall–Kier alpha value is -0.740. The van der Waals surface area contributed by atoms with Crippen LogP contribution in [0.25, 0.3) is 0 Å². The lowest BCUT2D eigenvalue weighted by Gasteiger charge is -2.26. The van der Waals surface area contributed by atoms with Crippen molar-refractivity contribution in [3.05, 3.63) is 22.7 Å². The average Bonchev–Trinajstić information content (AvgIpc) is 2.59. The second-order valence-electron chi connectivity index (χ2n) is 4.22. The van der Waals surface area contributed by atoms with Crippen molar-refractivity contribution in [2.75, 3.05) is 24.3 Å². The van der Waals surface area contributed by atoms with E-state index in [4.69, 9.17) is 10.5 Å². The van der Waals surface area contributed by atoms with E-state index in [-0.39, 0.29) is 5.54 Å². The minimum absolute atomic E-state index is 0.00884. The Kier molecular flexibility index (Phi) is 2.89. The minimum Gasteiger partial charge on any atom is -0.397 e. The van der Waals surface area contributed by atoms with Gasteiger partial charge in [-0.25, -0.2) is 0 Å². The summed E-state index contributed by atoms with van der Waals surface area (Å²) < 4.78 is 6.42. The molecule has 1 saturated heterocycles. The first kappa shape index (κ1) is 10.8. The van der Waals surface area contributed by atoms with Crippen LogP contribution in [-0.2, 0) is 4.74 Å². The number of hydrogen-bond donors (Lipinski definition) is 2. The Labute approximate surface area is 98.1 Å². The summed E-state index contributed by atoms with van der Waals surface area (Å²) in [6.07, 6.45) is 1.01. The summed E-state index contributed by atoms with van der Waals surface area (Å²) in [6, 6.07) is 5.83. The maximum absolute atomic E-state index is 5.90.